The molecule has 0 aliphatic carbocycles. The molecule has 0 aliphatic rings. The van der Waals surface area contributed by atoms with Crippen LogP contribution in [0.4, 0.5) is 0 Å². The van der Waals surface area contributed by atoms with Crippen molar-refractivity contribution in [2.75, 3.05) is 0 Å². The van der Waals surface area contributed by atoms with Crippen molar-refractivity contribution in [3.63, 3.8) is 0 Å². The zero-order valence-electron chi connectivity index (χ0n) is 12.9. The summed E-state index contributed by atoms with van der Waals surface area (Å²) < 4.78 is 10.1. The van der Waals surface area contributed by atoms with Crippen LogP contribution >= 0.6 is 0 Å². The molecule has 0 spiro atoms. The van der Waals surface area contributed by atoms with E-state index in [4.69, 9.17) is 9.47 Å². The van der Waals surface area contributed by atoms with Gasteiger partial charge < -0.3 is 9.47 Å². The van der Waals surface area contributed by atoms with Crippen LogP contribution in [0.25, 0.3) is 0 Å². The van der Waals surface area contributed by atoms with E-state index in [9.17, 15) is 9.59 Å². The van der Waals surface area contributed by atoms with Crippen LogP contribution in [-0.4, -0.2) is 35.9 Å². The van der Waals surface area contributed by atoms with Crippen molar-refractivity contribution in [2.45, 2.75) is 66.2 Å². The Bertz CT molecular complexity index is 342. The molecule has 19 heavy (non-hydrogen) atoms. The van der Waals surface area contributed by atoms with Crippen LogP contribution in [-0.2, 0) is 19.1 Å². The van der Waals surface area contributed by atoms with Crippen LogP contribution in [0, 0.1) is 5.92 Å². The number of aliphatic imine (C=N–C) groups is 1. The lowest BCUT2D eigenvalue weighted by molar-refractivity contribution is -0.169. The van der Waals surface area contributed by atoms with Crippen molar-refractivity contribution < 1.29 is 19.1 Å². The van der Waals surface area contributed by atoms with Crippen molar-refractivity contribution in [3.05, 3.63) is 0 Å². The van der Waals surface area contributed by atoms with Gasteiger partial charge in [0.15, 0.2) is 6.10 Å². The van der Waals surface area contributed by atoms with Crippen LogP contribution in [0.15, 0.2) is 4.99 Å². The largest absolute Gasteiger partial charge is 0.454 e. The first-order valence-corrected chi connectivity index (χ1v) is 6.49. The Morgan fingerprint density at radius 2 is 1.53 bits per heavy atom. The monoisotopic (exact) mass is 271 g/mol. The first-order chi connectivity index (χ1) is 8.53. The van der Waals surface area contributed by atoms with E-state index in [-0.39, 0.29) is 11.5 Å². The molecule has 0 N–H and O–H groups in total. The van der Waals surface area contributed by atoms with Gasteiger partial charge in [0, 0.05) is 6.21 Å². The summed E-state index contributed by atoms with van der Waals surface area (Å²) in [6.45, 7) is 12.5. The van der Waals surface area contributed by atoms with E-state index in [1.54, 1.807) is 27.0 Å². The summed E-state index contributed by atoms with van der Waals surface area (Å²) in [5.41, 5.74) is -0.212. The summed E-state index contributed by atoms with van der Waals surface area (Å²) in [6.07, 6.45) is 0.224. The average Bonchev–Trinajstić information content (AvgIpc) is 2.25. The van der Waals surface area contributed by atoms with Crippen molar-refractivity contribution in [1.29, 1.82) is 0 Å². The second-order valence-corrected chi connectivity index (χ2v) is 5.82. The van der Waals surface area contributed by atoms with E-state index in [2.05, 4.69) is 4.99 Å². The van der Waals surface area contributed by atoms with E-state index in [1.807, 2.05) is 20.8 Å². The van der Waals surface area contributed by atoms with Crippen LogP contribution < -0.4 is 0 Å². The fraction of sp³-hybridized carbons (Fsp3) is 0.786. The molecule has 0 radical (unpaired) electrons. The molecule has 0 aromatic carbocycles. The molecule has 5 heteroatoms. The molecule has 0 saturated carbocycles. The fourth-order valence-electron chi connectivity index (χ4n) is 0.996. The summed E-state index contributed by atoms with van der Waals surface area (Å²) in [7, 11) is 0. The predicted molar refractivity (Wildman–Crippen MR) is 74.2 cm³/mol. The molecule has 110 valence electrons. The van der Waals surface area contributed by atoms with Gasteiger partial charge >= 0.3 is 11.9 Å². The molecule has 0 aliphatic heterocycles. The molecular weight excluding hydrogens is 246 g/mol. The quantitative estimate of drug-likeness (QED) is 0.569. The van der Waals surface area contributed by atoms with Gasteiger partial charge in [0.1, 0.15) is 6.10 Å². The Balaban J connectivity index is 4.30. The van der Waals surface area contributed by atoms with Gasteiger partial charge in [-0.25, -0.2) is 4.79 Å². The molecular formula is C14H25NO4. The Kier molecular flexibility index (Phi) is 6.73. The third kappa shape index (κ3) is 8.35. The SMILES string of the molecule is CC(C=NC(C)(C)C)OC(=O)C(C)OC(=O)C(C)C. The van der Waals surface area contributed by atoms with E-state index >= 15 is 0 Å². The third-order valence-electron chi connectivity index (χ3n) is 2.07. The van der Waals surface area contributed by atoms with Gasteiger partial charge in [-0.3, -0.25) is 9.79 Å². The third-order valence-corrected chi connectivity index (χ3v) is 2.07. The van der Waals surface area contributed by atoms with Crippen molar-refractivity contribution in [3.8, 4) is 0 Å². The number of nitrogens with zero attached hydrogens (tertiary/aromatic N) is 1. The van der Waals surface area contributed by atoms with Crippen LogP contribution in [0.3, 0.4) is 0 Å². The predicted octanol–water partition coefficient (Wildman–Crippen LogP) is 2.38. The molecule has 2 unspecified atom stereocenters. The highest BCUT2D eigenvalue weighted by Crippen LogP contribution is 2.07. The minimum atomic E-state index is -0.902. The van der Waals surface area contributed by atoms with Crippen LogP contribution in [0.5, 0.6) is 0 Å². The zero-order valence-corrected chi connectivity index (χ0v) is 12.9. The topological polar surface area (TPSA) is 65.0 Å². The number of carbonyl (C=O) groups is 2. The van der Waals surface area contributed by atoms with E-state index < -0.39 is 24.1 Å². The summed E-state index contributed by atoms with van der Waals surface area (Å²) in [6, 6.07) is 0. The number of hydrogen-bond donors (Lipinski definition) is 0. The van der Waals surface area contributed by atoms with Gasteiger partial charge in [-0.1, -0.05) is 13.8 Å². The molecule has 0 heterocycles. The normalized spacial score (nSPS) is 15.4. The Morgan fingerprint density at radius 1 is 1.00 bits per heavy atom. The Morgan fingerprint density at radius 3 is 1.95 bits per heavy atom. The second-order valence-electron chi connectivity index (χ2n) is 5.82. The number of ether oxygens (including phenoxy) is 2. The molecule has 0 aromatic rings. The van der Waals surface area contributed by atoms with Crippen molar-refractivity contribution in [1.82, 2.24) is 0 Å². The number of carbonyl (C=O) groups excluding carboxylic acids is 2. The van der Waals surface area contributed by atoms with E-state index in [0.717, 1.165) is 0 Å². The lowest BCUT2D eigenvalue weighted by Crippen LogP contribution is -2.31. The van der Waals surface area contributed by atoms with Crippen molar-refractivity contribution >= 4 is 18.2 Å². The van der Waals surface area contributed by atoms with Gasteiger partial charge in [-0.15, -0.1) is 0 Å². The lowest BCUT2D eigenvalue weighted by Gasteiger charge is -2.17. The highest BCUT2D eigenvalue weighted by Gasteiger charge is 2.22. The zero-order chi connectivity index (χ0) is 15.2. The highest BCUT2D eigenvalue weighted by atomic mass is 16.6. The van der Waals surface area contributed by atoms with Crippen molar-refractivity contribution in [2.24, 2.45) is 10.9 Å². The minimum absolute atomic E-state index is 0.212. The molecule has 0 saturated heterocycles. The molecule has 2 atom stereocenters. The lowest BCUT2D eigenvalue weighted by atomic mass is 10.1. The summed E-state index contributed by atoms with van der Waals surface area (Å²) in [5.74, 6) is -1.25. The van der Waals surface area contributed by atoms with E-state index in [1.165, 1.54) is 6.92 Å². The number of hydrogen-bond acceptors (Lipinski definition) is 5. The molecule has 0 amide bonds. The minimum Gasteiger partial charge on any atom is -0.454 e. The summed E-state index contributed by atoms with van der Waals surface area (Å²) in [4.78, 5) is 27.3. The van der Waals surface area contributed by atoms with Gasteiger partial charge in [0.2, 0.25) is 0 Å². The van der Waals surface area contributed by atoms with Gasteiger partial charge in [0.25, 0.3) is 0 Å². The smallest absolute Gasteiger partial charge is 0.347 e. The summed E-state index contributed by atoms with van der Waals surface area (Å²) in [5, 5.41) is 0. The molecule has 0 aromatic heterocycles. The first kappa shape index (κ1) is 17.6. The first-order valence-electron chi connectivity index (χ1n) is 6.49. The maximum absolute atomic E-state index is 11.7. The average molecular weight is 271 g/mol. The molecule has 0 fully saturated rings. The van der Waals surface area contributed by atoms with Gasteiger partial charge in [-0.2, -0.15) is 0 Å². The molecule has 0 bridgehead atoms. The maximum atomic E-state index is 11.7. The fourth-order valence-corrected chi connectivity index (χ4v) is 0.996. The van der Waals surface area contributed by atoms with E-state index in [0.29, 0.717) is 0 Å². The highest BCUT2D eigenvalue weighted by molar-refractivity contribution is 5.81. The summed E-state index contributed by atoms with van der Waals surface area (Å²) >= 11 is 0. The number of esters is 2. The Hall–Kier alpha value is -1.39. The second kappa shape index (κ2) is 7.26. The van der Waals surface area contributed by atoms with Crippen LogP contribution in [0.2, 0.25) is 0 Å². The Labute approximate surface area is 115 Å². The van der Waals surface area contributed by atoms with Crippen LogP contribution in [0.1, 0.15) is 48.5 Å². The molecule has 0 rings (SSSR count). The number of rotatable bonds is 5. The van der Waals surface area contributed by atoms with Gasteiger partial charge in [-0.05, 0) is 34.6 Å². The maximum Gasteiger partial charge on any atom is 0.347 e. The molecule has 5 nitrogen and oxygen atoms in total. The standard InChI is InChI=1S/C14H25NO4/c1-9(2)12(16)19-11(4)13(17)18-10(3)8-15-14(5,6)7/h8-11H,1-7H3. The van der Waals surface area contributed by atoms with Gasteiger partial charge in [0.05, 0.1) is 11.5 Å².